The number of hydrogen-bond donors (Lipinski definition) is 1. The van der Waals surface area contributed by atoms with Crippen LogP contribution in [0.2, 0.25) is 5.02 Å². The minimum absolute atomic E-state index is 0.398. The van der Waals surface area contributed by atoms with Crippen LogP contribution < -0.4 is 0 Å². The smallest absolute Gasteiger partial charge is 0.309 e. The van der Waals surface area contributed by atoms with Crippen molar-refractivity contribution in [2.24, 2.45) is 12.5 Å². The van der Waals surface area contributed by atoms with Crippen molar-refractivity contribution in [3.05, 3.63) is 16.4 Å². The van der Waals surface area contributed by atoms with Crippen molar-refractivity contribution in [2.45, 2.75) is 33.6 Å². The predicted octanol–water partition coefficient (Wildman–Crippen LogP) is 2.43. The van der Waals surface area contributed by atoms with E-state index in [0.29, 0.717) is 17.9 Å². The molecule has 0 aliphatic heterocycles. The van der Waals surface area contributed by atoms with E-state index < -0.39 is 11.4 Å². The Kier molecular flexibility index (Phi) is 3.63. The number of aromatic nitrogens is 2. The highest BCUT2D eigenvalue weighted by atomic mass is 35.5. The standard InChI is InChI=1S/C11H17ClN2O2/c1-5-11(3,10(15)16)6-8-9(12)7(2)13-14(8)4/h5-6H2,1-4H3,(H,15,16). The molecule has 1 N–H and O–H groups in total. The second kappa shape index (κ2) is 4.45. The number of carboxylic acid groups (broad SMARTS) is 1. The number of aliphatic carboxylic acids is 1. The van der Waals surface area contributed by atoms with E-state index in [1.165, 1.54) is 0 Å². The summed E-state index contributed by atoms with van der Waals surface area (Å²) < 4.78 is 1.66. The number of hydrogen-bond acceptors (Lipinski definition) is 2. The van der Waals surface area contributed by atoms with Gasteiger partial charge in [-0.2, -0.15) is 5.10 Å². The molecule has 0 aliphatic carbocycles. The Labute approximate surface area is 100 Å². The molecule has 1 unspecified atom stereocenters. The van der Waals surface area contributed by atoms with Crippen LogP contribution in [0.25, 0.3) is 0 Å². The van der Waals surface area contributed by atoms with E-state index in [-0.39, 0.29) is 0 Å². The lowest BCUT2D eigenvalue weighted by molar-refractivity contribution is -0.148. The van der Waals surface area contributed by atoms with Gasteiger partial charge < -0.3 is 5.11 Å². The lowest BCUT2D eigenvalue weighted by Gasteiger charge is -2.22. The number of nitrogens with zero attached hydrogens (tertiary/aromatic N) is 2. The largest absolute Gasteiger partial charge is 0.481 e. The number of rotatable bonds is 4. The third-order valence-electron chi connectivity index (χ3n) is 3.12. The van der Waals surface area contributed by atoms with Crippen molar-refractivity contribution >= 4 is 17.6 Å². The first-order valence-corrected chi connectivity index (χ1v) is 5.61. The van der Waals surface area contributed by atoms with Gasteiger partial charge in [-0.25, -0.2) is 0 Å². The minimum atomic E-state index is -0.801. The summed E-state index contributed by atoms with van der Waals surface area (Å²) in [6.07, 6.45) is 0.956. The first kappa shape index (κ1) is 13.0. The van der Waals surface area contributed by atoms with Crippen LogP contribution in [0.5, 0.6) is 0 Å². The Hall–Kier alpha value is -1.03. The molecule has 0 bridgehead atoms. The zero-order valence-electron chi connectivity index (χ0n) is 10.0. The lowest BCUT2D eigenvalue weighted by atomic mass is 9.83. The number of halogens is 1. The summed E-state index contributed by atoms with van der Waals surface area (Å²) in [5, 5.41) is 14.0. The highest BCUT2D eigenvalue weighted by Gasteiger charge is 2.33. The van der Waals surface area contributed by atoms with Gasteiger partial charge >= 0.3 is 5.97 Å². The maximum absolute atomic E-state index is 11.2. The Morgan fingerprint density at radius 3 is 2.50 bits per heavy atom. The van der Waals surface area contributed by atoms with Crippen molar-refractivity contribution in [1.82, 2.24) is 9.78 Å². The molecule has 4 nitrogen and oxygen atoms in total. The first-order valence-electron chi connectivity index (χ1n) is 5.23. The van der Waals surface area contributed by atoms with Crippen LogP contribution in [0.3, 0.4) is 0 Å². The van der Waals surface area contributed by atoms with Crippen LogP contribution in [0.1, 0.15) is 31.7 Å². The minimum Gasteiger partial charge on any atom is -0.481 e. The van der Waals surface area contributed by atoms with E-state index in [4.69, 9.17) is 11.6 Å². The molecule has 5 heteroatoms. The Morgan fingerprint density at radius 1 is 1.62 bits per heavy atom. The number of aryl methyl sites for hydroxylation is 2. The van der Waals surface area contributed by atoms with Crippen molar-refractivity contribution in [3.63, 3.8) is 0 Å². The van der Waals surface area contributed by atoms with Gasteiger partial charge in [-0.15, -0.1) is 0 Å². The second-order valence-electron chi connectivity index (χ2n) is 4.37. The van der Waals surface area contributed by atoms with E-state index in [1.54, 1.807) is 18.7 Å². The molecular formula is C11H17ClN2O2. The van der Waals surface area contributed by atoms with E-state index in [0.717, 1.165) is 11.4 Å². The SMILES string of the molecule is CCC(C)(Cc1c(Cl)c(C)nn1C)C(=O)O. The van der Waals surface area contributed by atoms with Gasteiger partial charge in [0, 0.05) is 13.5 Å². The molecule has 90 valence electrons. The van der Waals surface area contributed by atoms with E-state index in [2.05, 4.69) is 5.10 Å². The third-order valence-corrected chi connectivity index (χ3v) is 3.61. The fraction of sp³-hybridized carbons (Fsp3) is 0.636. The van der Waals surface area contributed by atoms with Crippen molar-refractivity contribution in [3.8, 4) is 0 Å². The lowest BCUT2D eigenvalue weighted by Crippen LogP contribution is -2.30. The molecule has 0 aliphatic rings. The molecule has 1 aromatic heterocycles. The van der Waals surface area contributed by atoms with Crippen LogP contribution in [-0.2, 0) is 18.3 Å². The van der Waals surface area contributed by atoms with Gasteiger partial charge in [0.15, 0.2) is 0 Å². The molecule has 0 fully saturated rings. The van der Waals surface area contributed by atoms with Crippen molar-refractivity contribution in [1.29, 1.82) is 0 Å². The van der Waals surface area contributed by atoms with Crippen LogP contribution >= 0.6 is 11.6 Å². The number of carbonyl (C=O) groups is 1. The molecule has 0 radical (unpaired) electrons. The van der Waals surface area contributed by atoms with Gasteiger partial charge in [0.25, 0.3) is 0 Å². The molecule has 0 aromatic carbocycles. The summed E-state index contributed by atoms with van der Waals surface area (Å²) in [5.74, 6) is -0.801. The highest BCUT2D eigenvalue weighted by molar-refractivity contribution is 6.31. The van der Waals surface area contributed by atoms with Crippen LogP contribution in [0.4, 0.5) is 0 Å². The fourth-order valence-electron chi connectivity index (χ4n) is 1.59. The topological polar surface area (TPSA) is 55.1 Å². The number of carboxylic acids is 1. The summed E-state index contributed by atoms with van der Waals surface area (Å²) in [6.45, 7) is 5.41. The van der Waals surface area contributed by atoms with Gasteiger partial charge in [-0.1, -0.05) is 18.5 Å². The van der Waals surface area contributed by atoms with Gasteiger partial charge in [0.1, 0.15) is 0 Å². The summed E-state index contributed by atoms with van der Waals surface area (Å²) >= 11 is 6.11. The van der Waals surface area contributed by atoms with Crippen molar-refractivity contribution < 1.29 is 9.90 Å². The van der Waals surface area contributed by atoms with Crippen molar-refractivity contribution in [2.75, 3.05) is 0 Å². The van der Waals surface area contributed by atoms with Crippen LogP contribution in [0, 0.1) is 12.3 Å². The second-order valence-corrected chi connectivity index (χ2v) is 4.74. The molecular weight excluding hydrogens is 228 g/mol. The summed E-state index contributed by atoms with van der Waals surface area (Å²) in [6, 6.07) is 0. The Bertz CT molecular complexity index is 414. The zero-order chi connectivity index (χ0) is 12.5. The fourth-order valence-corrected chi connectivity index (χ4v) is 1.82. The normalized spacial score (nSPS) is 14.8. The first-order chi connectivity index (χ1) is 7.31. The predicted molar refractivity (Wildman–Crippen MR) is 62.7 cm³/mol. The molecule has 0 amide bonds. The summed E-state index contributed by atoms with van der Waals surface area (Å²) in [4.78, 5) is 11.2. The van der Waals surface area contributed by atoms with Gasteiger partial charge in [-0.05, 0) is 20.3 Å². The third kappa shape index (κ3) is 2.21. The molecule has 0 saturated heterocycles. The van der Waals surface area contributed by atoms with Crippen LogP contribution in [0.15, 0.2) is 0 Å². The molecule has 1 atom stereocenters. The highest BCUT2D eigenvalue weighted by Crippen LogP contribution is 2.31. The average molecular weight is 245 g/mol. The van der Waals surface area contributed by atoms with Crippen LogP contribution in [-0.4, -0.2) is 20.9 Å². The van der Waals surface area contributed by atoms with E-state index in [1.807, 2.05) is 13.8 Å². The summed E-state index contributed by atoms with van der Waals surface area (Å²) in [5.41, 5.74) is 0.734. The maximum Gasteiger partial charge on any atom is 0.309 e. The molecule has 0 spiro atoms. The van der Waals surface area contributed by atoms with Gasteiger partial charge in [-0.3, -0.25) is 9.48 Å². The van der Waals surface area contributed by atoms with E-state index in [9.17, 15) is 9.90 Å². The average Bonchev–Trinajstić information content (AvgIpc) is 2.44. The molecule has 1 heterocycles. The summed E-state index contributed by atoms with van der Waals surface area (Å²) in [7, 11) is 1.78. The molecule has 1 rings (SSSR count). The quantitative estimate of drug-likeness (QED) is 0.885. The Morgan fingerprint density at radius 2 is 2.19 bits per heavy atom. The van der Waals surface area contributed by atoms with Gasteiger partial charge in [0.2, 0.25) is 0 Å². The monoisotopic (exact) mass is 244 g/mol. The maximum atomic E-state index is 11.2. The zero-order valence-corrected chi connectivity index (χ0v) is 10.8. The molecule has 16 heavy (non-hydrogen) atoms. The Balaban J connectivity index is 3.08. The van der Waals surface area contributed by atoms with Gasteiger partial charge in [0.05, 0.1) is 21.8 Å². The van der Waals surface area contributed by atoms with E-state index >= 15 is 0 Å². The molecule has 1 aromatic rings. The molecule has 0 saturated carbocycles.